The maximum atomic E-state index is 4.31. The van der Waals surface area contributed by atoms with Crippen LogP contribution in [0.3, 0.4) is 0 Å². The normalized spacial score (nSPS) is 15.2. The molecule has 0 saturated heterocycles. The second-order valence-electron chi connectivity index (χ2n) is 3.32. The Hall–Kier alpha value is -1.38. The summed E-state index contributed by atoms with van der Waals surface area (Å²) in [5.41, 5.74) is 3.42. The van der Waals surface area contributed by atoms with Gasteiger partial charge in [-0.3, -0.25) is 9.67 Å². The van der Waals surface area contributed by atoms with Crippen molar-refractivity contribution in [1.29, 1.82) is 0 Å². The Morgan fingerprint density at radius 3 is 3.23 bits per heavy atom. The number of aromatic nitrogens is 2. The number of fused-ring (bicyclic) bond motifs is 1. The van der Waals surface area contributed by atoms with Crippen molar-refractivity contribution >= 4 is 11.8 Å². The summed E-state index contributed by atoms with van der Waals surface area (Å²) in [7, 11) is 0. The van der Waals surface area contributed by atoms with Crippen LogP contribution in [0.5, 0.6) is 0 Å². The third kappa shape index (κ3) is 1.41. The van der Waals surface area contributed by atoms with Gasteiger partial charge in [0, 0.05) is 24.7 Å². The zero-order chi connectivity index (χ0) is 9.26. The molecule has 0 atom stereocenters. The molecule has 0 bridgehead atoms. The van der Waals surface area contributed by atoms with Gasteiger partial charge in [-0.25, -0.2) is 0 Å². The highest BCUT2D eigenvalue weighted by atomic mass is 15.3. The smallest absolute Gasteiger partial charge is 0.0810 e. The number of aliphatic imine (C=N–C) groups is 1. The van der Waals surface area contributed by atoms with Gasteiger partial charge >= 0.3 is 0 Å². The Bertz CT molecular complexity index is 360. The minimum absolute atomic E-state index is 0.738. The van der Waals surface area contributed by atoms with E-state index in [1.54, 1.807) is 0 Å². The van der Waals surface area contributed by atoms with Crippen LogP contribution in [-0.4, -0.2) is 16.0 Å². The van der Waals surface area contributed by atoms with Crippen LogP contribution in [0.1, 0.15) is 24.6 Å². The Kier molecular flexibility index (Phi) is 2.00. The van der Waals surface area contributed by atoms with Crippen molar-refractivity contribution in [3.05, 3.63) is 24.0 Å². The van der Waals surface area contributed by atoms with E-state index in [1.807, 2.05) is 24.0 Å². The van der Waals surface area contributed by atoms with Crippen molar-refractivity contribution < 1.29 is 0 Å². The number of hydrogen-bond acceptors (Lipinski definition) is 2. The Morgan fingerprint density at radius 1 is 1.62 bits per heavy atom. The van der Waals surface area contributed by atoms with Gasteiger partial charge in [-0.05, 0) is 12.5 Å². The molecule has 0 aromatic carbocycles. The third-order valence-electron chi connectivity index (χ3n) is 2.25. The lowest BCUT2D eigenvalue weighted by molar-refractivity contribution is 0.615. The average Bonchev–Trinajstić information content (AvgIpc) is 2.36. The monoisotopic (exact) mass is 175 g/mol. The second-order valence-corrected chi connectivity index (χ2v) is 3.32. The molecule has 3 nitrogen and oxygen atoms in total. The quantitative estimate of drug-likeness (QED) is 0.641. The highest BCUT2D eigenvalue weighted by Crippen LogP contribution is 2.19. The highest BCUT2D eigenvalue weighted by molar-refractivity contribution is 5.64. The fourth-order valence-electron chi connectivity index (χ4n) is 1.55. The molecule has 0 fully saturated rings. The molecule has 1 aromatic heterocycles. The minimum Gasteiger partial charge on any atom is -0.291 e. The zero-order valence-corrected chi connectivity index (χ0v) is 7.82. The summed E-state index contributed by atoms with van der Waals surface area (Å²) in [5.74, 6) is 0. The molecule has 2 heterocycles. The molecule has 68 valence electrons. The predicted molar refractivity (Wildman–Crippen MR) is 53.7 cm³/mol. The van der Waals surface area contributed by atoms with Crippen LogP contribution in [0.2, 0.25) is 0 Å². The lowest BCUT2D eigenvalue weighted by atomic mass is 10.1. The first-order chi connectivity index (χ1) is 6.29. The van der Waals surface area contributed by atoms with Gasteiger partial charge in [-0.1, -0.05) is 6.58 Å². The summed E-state index contributed by atoms with van der Waals surface area (Å²) in [6, 6.07) is 0. The SMILES string of the molecule is C=C(C)c1cnn2c1CN=CCC2. The van der Waals surface area contributed by atoms with Crippen molar-refractivity contribution in [3.63, 3.8) is 0 Å². The first kappa shape index (κ1) is 8.23. The first-order valence-corrected chi connectivity index (χ1v) is 4.48. The molecule has 1 aliphatic rings. The molecule has 0 N–H and O–H groups in total. The van der Waals surface area contributed by atoms with Crippen LogP contribution in [0.25, 0.3) is 5.57 Å². The molecule has 0 spiro atoms. The molecule has 1 aromatic rings. The highest BCUT2D eigenvalue weighted by Gasteiger charge is 2.11. The van der Waals surface area contributed by atoms with E-state index in [4.69, 9.17) is 0 Å². The number of rotatable bonds is 1. The van der Waals surface area contributed by atoms with Gasteiger partial charge < -0.3 is 0 Å². The van der Waals surface area contributed by atoms with Crippen LogP contribution in [0.15, 0.2) is 17.8 Å². The van der Waals surface area contributed by atoms with Gasteiger partial charge in [0.1, 0.15) is 0 Å². The molecule has 0 amide bonds. The standard InChI is InChI=1S/C10H13N3/c1-8(2)9-6-12-13-5-3-4-11-7-10(9)13/h4,6H,1,3,5,7H2,2H3. The Balaban J connectivity index is 2.45. The molecule has 0 unspecified atom stereocenters. The van der Waals surface area contributed by atoms with Crippen LogP contribution < -0.4 is 0 Å². The van der Waals surface area contributed by atoms with Gasteiger partial charge in [0.05, 0.1) is 18.4 Å². The van der Waals surface area contributed by atoms with Crippen molar-refractivity contribution in [2.75, 3.05) is 0 Å². The van der Waals surface area contributed by atoms with E-state index in [0.29, 0.717) is 0 Å². The lowest BCUT2D eigenvalue weighted by Crippen LogP contribution is -2.03. The minimum atomic E-state index is 0.738. The molecule has 1 aliphatic heterocycles. The lowest BCUT2D eigenvalue weighted by Gasteiger charge is -2.03. The van der Waals surface area contributed by atoms with E-state index in [2.05, 4.69) is 16.7 Å². The van der Waals surface area contributed by atoms with E-state index >= 15 is 0 Å². The van der Waals surface area contributed by atoms with Crippen molar-refractivity contribution in [2.45, 2.75) is 26.4 Å². The van der Waals surface area contributed by atoms with Crippen LogP contribution in [0.4, 0.5) is 0 Å². The number of hydrogen-bond donors (Lipinski definition) is 0. The predicted octanol–water partition coefficient (Wildman–Crippen LogP) is 1.89. The first-order valence-electron chi connectivity index (χ1n) is 4.48. The van der Waals surface area contributed by atoms with Crippen molar-refractivity contribution in [2.24, 2.45) is 4.99 Å². The van der Waals surface area contributed by atoms with E-state index in [1.165, 1.54) is 5.69 Å². The molecule has 0 radical (unpaired) electrons. The topological polar surface area (TPSA) is 30.2 Å². The second kappa shape index (κ2) is 3.17. The van der Waals surface area contributed by atoms with E-state index < -0.39 is 0 Å². The molecule has 13 heavy (non-hydrogen) atoms. The van der Waals surface area contributed by atoms with Crippen LogP contribution in [0, 0.1) is 0 Å². The third-order valence-corrected chi connectivity index (χ3v) is 2.25. The Labute approximate surface area is 77.8 Å². The Morgan fingerprint density at radius 2 is 2.46 bits per heavy atom. The van der Waals surface area contributed by atoms with E-state index in [9.17, 15) is 0 Å². The van der Waals surface area contributed by atoms with Gasteiger partial charge in [0.2, 0.25) is 0 Å². The number of aryl methyl sites for hydroxylation is 1. The largest absolute Gasteiger partial charge is 0.291 e. The number of nitrogens with zero attached hydrogens (tertiary/aromatic N) is 3. The maximum absolute atomic E-state index is 4.31. The van der Waals surface area contributed by atoms with Crippen LogP contribution >= 0.6 is 0 Å². The van der Waals surface area contributed by atoms with Gasteiger partial charge in [-0.15, -0.1) is 0 Å². The molecule has 0 saturated carbocycles. The molecule has 3 heteroatoms. The van der Waals surface area contributed by atoms with Gasteiger partial charge in [0.25, 0.3) is 0 Å². The van der Waals surface area contributed by atoms with Crippen molar-refractivity contribution in [3.8, 4) is 0 Å². The summed E-state index contributed by atoms with van der Waals surface area (Å²) in [5, 5.41) is 4.31. The molecule has 0 aliphatic carbocycles. The number of allylic oxidation sites excluding steroid dienone is 1. The van der Waals surface area contributed by atoms with Gasteiger partial charge in [-0.2, -0.15) is 5.10 Å². The fourth-order valence-corrected chi connectivity index (χ4v) is 1.55. The average molecular weight is 175 g/mol. The summed E-state index contributed by atoms with van der Waals surface area (Å²) < 4.78 is 2.02. The maximum Gasteiger partial charge on any atom is 0.0810 e. The summed E-state index contributed by atoms with van der Waals surface area (Å²) >= 11 is 0. The van der Waals surface area contributed by atoms with E-state index in [-0.39, 0.29) is 0 Å². The summed E-state index contributed by atoms with van der Waals surface area (Å²) in [4.78, 5) is 4.30. The zero-order valence-electron chi connectivity index (χ0n) is 7.82. The fraction of sp³-hybridized carbons (Fsp3) is 0.400. The molecular weight excluding hydrogens is 162 g/mol. The summed E-state index contributed by atoms with van der Waals surface area (Å²) in [6.07, 6.45) is 4.83. The molecular formula is C10H13N3. The molecule has 2 rings (SSSR count). The van der Waals surface area contributed by atoms with Crippen molar-refractivity contribution in [1.82, 2.24) is 9.78 Å². The summed E-state index contributed by atoms with van der Waals surface area (Å²) in [6.45, 7) is 7.61. The van der Waals surface area contributed by atoms with Crippen LogP contribution in [-0.2, 0) is 13.1 Å². The van der Waals surface area contributed by atoms with Gasteiger partial charge in [0.15, 0.2) is 0 Å². The van der Waals surface area contributed by atoms with E-state index in [0.717, 1.165) is 30.6 Å².